The highest BCUT2D eigenvalue weighted by atomic mass is 32.1. The number of carboxylic acids is 1. The van der Waals surface area contributed by atoms with Crippen LogP contribution in [0.4, 0.5) is 0 Å². The van der Waals surface area contributed by atoms with Gasteiger partial charge in [-0.15, -0.1) is 11.3 Å². The first-order chi connectivity index (χ1) is 6.59. The van der Waals surface area contributed by atoms with Gasteiger partial charge in [0.15, 0.2) is 0 Å². The van der Waals surface area contributed by atoms with Crippen LogP contribution in [0.15, 0.2) is 17.5 Å². The smallest absolute Gasteiger partial charge is 0.325 e. The van der Waals surface area contributed by atoms with Gasteiger partial charge in [0.05, 0.1) is 6.42 Å². The highest BCUT2D eigenvalue weighted by Gasteiger charge is 2.13. The van der Waals surface area contributed by atoms with E-state index in [9.17, 15) is 9.59 Å². The number of hydrogen-bond acceptors (Lipinski definition) is 3. The Kier molecular flexibility index (Phi) is 3.64. The van der Waals surface area contributed by atoms with Gasteiger partial charge in [-0.3, -0.25) is 9.59 Å². The molecule has 0 aliphatic rings. The maximum Gasteiger partial charge on any atom is 0.325 e. The second-order valence-electron chi connectivity index (χ2n) is 2.88. The third kappa shape index (κ3) is 3.18. The molecule has 0 radical (unpaired) electrons. The van der Waals surface area contributed by atoms with Gasteiger partial charge in [0, 0.05) is 4.88 Å². The third-order valence-electron chi connectivity index (χ3n) is 1.66. The lowest BCUT2D eigenvalue weighted by molar-refractivity contribution is -0.141. The number of aliphatic carboxylic acids is 1. The zero-order valence-corrected chi connectivity index (χ0v) is 8.50. The molecule has 1 amide bonds. The average molecular weight is 213 g/mol. The molecular weight excluding hydrogens is 202 g/mol. The molecule has 0 aliphatic heterocycles. The van der Waals surface area contributed by atoms with E-state index in [2.05, 4.69) is 5.32 Å². The molecule has 4 nitrogen and oxygen atoms in total. The van der Waals surface area contributed by atoms with Gasteiger partial charge in [-0.05, 0) is 18.4 Å². The van der Waals surface area contributed by atoms with Gasteiger partial charge in [0.25, 0.3) is 0 Å². The Morgan fingerprint density at radius 1 is 1.64 bits per heavy atom. The first-order valence-corrected chi connectivity index (χ1v) is 5.02. The zero-order valence-electron chi connectivity index (χ0n) is 7.69. The van der Waals surface area contributed by atoms with Crippen molar-refractivity contribution in [1.29, 1.82) is 0 Å². The SMILES string of the molecule is C[C@@H](NC(=O)Cc1cccs1)C(=O)O. The van der Waals surface area contributed by atoms with Gasteiger partial charge in [-0.25, -0.2) is 0 Å². The predicted octanol–water partition coefficient (Wildman–Crippen LogP) is 0.880. The lowest BCUT2D eigenvalue weighted by Crippen LogP contribution is -2.39. The molecule has 1 aromatic heterocycles. The molecule has 14 heavy (non-hydrogen) atoms. The molecule has 2 N–H and O–H groups in total. The maximum absolute atomic E-state index is 11.3. The molecule has 0 saturated heterocycles. The van der Waals surface area contributed by atoms with Crippen molar-refractivity contribution in [2.45, 2.75) is 19.4 Å². The van der Waals surface area contributed by atoms with Gasteiger partial charge in [-0.1, -0.05) is 6.07 Å². The van der Waals surface area contributed by atoms with Gasteiger partial charge < -0.3 is 10.4 Å². The van der Waals surface area contributed by atoms with Crippen molar-refractivity contribution in [2.24, 2.45) is 0 Å². The molecule has 76 valence electrons. The summed E-state index contributed by atoms with van der Waals surface area (Å²) in [6, 6.07) is 2.87. The molecule has 1 aromatic rings. The fraction of sp³-hybridized carbons (Fsp3) is 0.333. The van der Waals surface area contributed by atoms with E-state index in [4.69, 9.17) is 5.11 Å². The summed E-state index contributed by atoms with van der Waals surface area (Å²) in [4.78, 5) is 22.6. The minimum Gasteiger partial charge on any atom is -0.480 e. The van der Waals surface area contributed by atoms with Crippen LogP contribution in [0.2, 0.25) is 0 Å². The molecule has 1 rings (SSSR count). The standard InChI is InChI=1S/C9H11NO3S/c1-6(9(12)13)10-8(11)5-7-3-2-4-14-7/h2-4,6H,5H2,1H3,(H,10,11)(H,12,13)/t6-/m1/s1. The molecular formula is C9H11NO3S. The van der Waals surface area contributed by atoms with Crippen molar-refractivity contribution in [3.63, 3.8) is 0 Å². The van der Waals surface area contributed by atoms with Gasteiger partial charge in [0.2, 0.25) is 5.91 Å². The average Bonchev–Trinajstić information content (AvgIpc) is 2.56. The second kappa shape index (κ2) is 4.76. The summed E-state index contributed by atoms with van der Waals surface area (Å²) < 4.78 is 0. The Morgan fingerprint density at radius 2 is 2.36 bits per heavy atom. The van der Waals surface area contributed by atoms with E-state index in [1.807, 2.05) is 17.5 Å². The number of carbonyl (C=O) groups is 2. The normalized spacial score (nSPS) is 12.1. The van der Waals surface area contributed by atoms with E-state index in [1.165, 1.54) is 18.3 Å². The van der Waals surface area contributed by atoms with Crippen molar-refractivity contribution >= 4 is 23.2 Å². The summed E-state index contributed by atoms with van der Waals surface area (Å²) in [5.41, 5.74) is 0. The molecule has 1 atom stereocenters. The molecule has 0 aliphatic carbocycles. The molecule has 0 saturated carbocycles. The van der Waals surface area contributed by atoms with Crippen LogP contribution in [0.5, 0.6) is 0 Å². The Balaban J connectivity index is 2.40. The minimum atomic E-state index is -1.02. The first kappa shape index (κ1) is 10.7. The Labute approximate surface area is 85.6 Å². The van der Waals surface area contributed by atoms with Crippen LogP contribution in [-0.2, 0) is 16.0 Å². The summed E-state index contributed by atoms with van der Waals surface area (Å²) in [6.07, 6.45) is 0.245. The van der Waals surface area contributed by atoms with Crippen LogP contribution in [-0.4, -0.2) is 23.0 Å². The number of carbonyl (C=O) groups excluding carboxylic acids is 1. The van der Waals surface area contributed by atoms with Crippen molar-refractivity contribution in [2.75, 3.05) is 0 Å². The molecule has 0 unspecified atom stereocenters. The van der Waals surface area contributed by atoms with Crippen molar-refractivity contribution < 1.29 is 14.7 Å². The molecule has 0 fully saturated rings. The van der Waals surface area contributed by atoms with Crippen LogP contribution in [0.1, 0.15) is 11.8 Å². The minimum absolute atomic E-state index is 0.245. The topological polar surface area (TPSA) is 66.4 Å². The number of amides is 1. The first-order valence-electron chi connectivity index (χ1n) is 4.14. The van der Waals surface area contributed by atoms with Gasteiger partial charge in [-0.2, -0.15) is 0 Å². The van der Waals surface area contributed by atoms with E-state index in [0.29, 0.717) is 0 Å². The van der Waals surface area contributed by atoms with E-state index in [-0.39, 0.29) is 12.3 Å². The third-order valence-corrected chi connectivity index (χ3v) is 2.54. The van der Waals surface area contributed by atoms with E-state index < -0.39 is 12.0 Å². The summed E-state index contributed by atoms with van der Waals surface area (Å²) in [5.74, 6) is -1.29. The highest BCUT2D eigenvalue weighted by Crippen LogP contribution is 2.08. The zero-order chi connectivity index (χ0) is 10.6. The van der Waals surface area contributed by atoms with Crippen molar-refractivity contribution in [3.05, 3.63) is 22.4 Å². The van der Waals surface area contributed by atoms with Crippen LogP contribution in [0.25, 0.3) is 0 Å². The Bertz CT molecular complexity index is 321. The summed E-state index contributed by atoms with van der Waals surface area (Å²) >= 11 is 1.48. The maximum atomic E-state index is 11.3. The lowest BCUT2D eigenvalue weighted by Gasteiger charge is -2.07. The van der Waals surface area contributed by atoms with Crippen LogP contribution >= 0.6 is 11.3 Å². The Hall–Kier alpha value is -1.36. The monoisotopic (exact) mass is 213 g/mol. The number of nitrogens with one attached hydrogen (secondary N) is 1. The fourth-order valence-electron chi connectivity index (χ4n) is 0.926. The second-order valence-corrected chi connectivity index (χ2v) is 3.92. The van der Waals surface area contributed by atoms with Crippen molar-refractivity contribution in [1.82, 2.24) is 5.32 Å². The van der Waals surface area contributed by atoms with Crippen LogP contribution in [0, 0.1) is 0 Å². The predicted molar refractivity (Wildman–Crippen MR) is 53.3 cm³/mol. The van der Waals surface area contributed by atoms with Crippen LogP contribution in [0.3, 0.4) is 0 Å². The van der Waals surface area contributed by atoms with Crippen LogP contribution < -0.4 is 5.32 Å². The van der Waals surface area contributed by atoms with Gasteiger partial charge >= 0.3 is 5.97 Å². The van der Waals surface area contributed by atoms with E-state index in [0.717, 1.165) is 4.88 Å². The van der Waals surface area contributed by atoms with E-state index >= 15 is 0 Å². The van der Waals surface area contributed by atoms with E-state index in [1.54, 1.807) is 0 Å². The number of hydrogen-bond donors (Lipinski definition) is 2. The summed E-state index contributed by atoms with van der Waals surface area (Å²) in [5, 5.41) is 12.8. The number of thiophene rings is 1. The molecule has 5 heteroatoms. The lowest BCUT2D eigenvalue weighted by atomic mass is 10.3. The number of rotatable bonds is 4. The largest absolute Gasteiger partial charge is 0.480 e. The molecule has 0 spiro atoms. The summed E-state index contributed by atoms with van der Waals surface area (Å²) in [6.45, 7) is 1.44. The van der Waals surface area contributed by atoms with Gasteiger partial charge in [0.1, 0.15) is 6.04 Å². The highest BCUT2D eigenvalue weighted by molar-refractivity contribution is 7.10. The molecule has 0 aromatic carbocycles. The quantitative estimate of drug-likeness (QED) is 0.780. The number of carboxylic acid groups (broad SMARTS) is 1. The fourth-order valence-corrected chi connectivity index (χ4v) is 1.63. The molecule has 1 heterocycles. The summed E-state index contributed by atoms with van der Waals surface area (Å²) in [7, 11) is 0. The molecule has 0 bridgehead atoms. The van der Waals surface area contributed by atoms with Crippen molar-refractivity contribution in [3.8, 4) is 0 Å². The Morgan fingerprint density at radius 3 is 2.86 bits per heavy atom.